The summed E-state index contributed by atoms with van der Waals surface area (Å²) >= 11 is 0. The van der Waals surface area contributed by atoms with Gasteiger partial charge < -0.3 is 45.2 Å². The maximum Gasteiger partial charge on any atom is 0.377 e. The van der Waals surface area contributed by atoms with Gasteiger partial charge in [0.1, 0.15) is 6.10 Å². The van der Waals surface area contributed by atoms with Gasteiger partial charge in [-0.2, -0.15) is 0 Å². The topological polar surface area (TPSA) is 152 Å². The Labute approximate surface area is 217 Å². The molecule has 1 aromatic carbocycles. The van der Waals surface area contributed by atoms with Gasteiger partial charge in [-0.15, -0.1) is 0 Å². The van der Waals surface area contributed by atoms with E-state index >= 15 is 0 Å². The monoisotopic (exact) mass is 518 g/mol. The van der Waals surface area contributed by atoms with Gasteiger partial charge in [-0.1, -0.05) is 36.4 Å². The number of aliphatic hydroxyl groups excluding tert-OH is 5. The van der Waals surface area contributed by atoms with Crippen LogP contribution in [0.5, 0.6) is 0 Å². The number of cyclic esters (lactones) is 1. The van der Waals surface area contributed by atoms with Crippen LogP contribution in [-0.4, -0.2) is 89.8 Å². The third kappa shape index (κ3) is 10.7. The number of ether oxygens (including phenoxy) is 2. The van der Waals surface area contributed by atoms with E-state index in [1.54, 1.807) is 0 Å². The van der Waals surface area contributed by atoms with Crippen molar-refractivity contribution in [1.29, 1.82) is 0 Å². The Morgan fingerprint density at radius 1 is 1.05 bits per heavy atom. The van der Waals surface area contributed by atoms with Crippen molar-refractivity contribution in [2.24, 2.45) is 0 Å². The van der Waals surface area contributed by atoms with E-state index in [-0.39, 0.29) is 19.8 Å². The standard InChI is InChI=1S/C27H38N2O8/c30-17-15-29(16-18-31)22-11-9-21(10-12-22)8-4-2-1-3-5-13-28-14-6-7-19-36-20-23(32)26-24(33)25(34)27(35)37-26/h1,3-5,8-13,23,26,28,30-34H,2,6-7,14-20H2/b3-1-,8-4+,13-5-. The van der Waals surface area contributed by atoms with Crippen LogP contribution in [0.2, 0.25) is 0 Å². The number of benzene rings is 1. The molecule has 2 rings (SSSR count). The lowest BCUT2D eigenvalue weighted by Gasteiger charge is -2.22. The normalized spacial score (nSPS) is 16.8. The highest BCUT2D eigenvalue weighted by molar-refractivity contribution is 5.89. The number of hydrogen-bond donors (Lipinski definition) is 6. The van der Waals surface area contributed by atoms with Crippen molar-refractivity contribution in [2.75, 3.05) is 51.0 Å². The molecular weight excluding hydrogens is 480 g/mol. The van der Waals surface area contributed by atoms with Crippen molar-refractivity contribution in [2.45, 2.75) is 31.5 Å². The molecule has 0 bridgehead atoms. The van der Waals surface area contributed by atoms with Crippen molar-refractivity contribution in [3.05, 3.63) is 71.9 Å². The van der Waals surface area contributed by atoms with Crippen LogP contribution in [0, 0.1) is 0 Å². The molecule has 0 saturated carbocycles. The Hall–Kier alpha value is -3.31. The van der Waals surface area contributed by atoms with Crippen LogP contribution in [0.1, 0.15) is 24.8 Å². The molecule has 0 radical (unpaired) electrons. The van der Waals surface area contributed by atoms with Crippen LogP contribution < -0.4 is 10.2 Å². The fourth-order valence-corrected chi connectivity index (χ4v) is 3.50. The van der Waals surface area contributed by atoms with E-state index in [1.807, 2.05) is 59.7 Å². The van der Waals surface area contributed by atoms with E-state index in [0.29, 0.717) is 19.7 Å². The molecule has 10 heteroatoms. The third-order valence-electron chi connectivity index (χ3n) is 5.48. The van der Waals surface area contributed by atoms with Crippen LogP contribution in [0.15, 0.2) is 66.3 Å². The van der Waals surface area contributed by atoms with Gasteiger partial charge in [0.25, 0.3) is 0 Å². The first-order chi connectivity index (χ1) is 18.0. The predicted molar refractivity (Wildman–Crippen MR) is 141 cm³/mol. The van der Waals surface area contributed by atoms with Crippen molar-refractivity contribution < 1.29 is 39.8 Å². The lowest BCUT2D eigenvalue weighted by Crippen LogP contribution is -2.33. The Morgan fingerprint density at radius 3 is 2.43 bits per heavy atom. The zero-order valence-electron chi connectivity index (χ0n) is 20.9. The fourth-order valence-electron chi connectivity index (χ4n) is 3.50. The number of nitrogens with zero attached hydrogens (tertiary/aromatic N) is 1. The highest BCUT2D eigenvalue weighted by atomic mass is 16.6. The van der Waals surface area contributed by atoms with E-state index in [4.69, 9.17) is 14.9 Å². The molecule has 1 heterocycles. The van der Waals surface area contributed by atoms with Gasteiger partial charge in [0.15, 0.2) is 11.9 Å². The molecule has 10 nitrogen and oxygen atoms in total. The number of rotatable bonds is 18. The lowest BCUT2D eigenvalue weighted by molar-refractivity contribution is -0.148. The molecule has 6 N–H and O–H groups in total. The summed E-state index contributed by atoms with van der Waals surface area (Å²) in [5, 5.41) is 50.1. The van der Waals surface area contributed by atoms with Gasteiger partial charge in [-0.25, -0.2) is 4.79 Å². The van der Waals surface area contributed by atoms with Crippen LogP contribution in [0.25, 0.3) is 6.08 Å². The zero-order valence-corrected chi connectivity index (χ0v) is 20.9. The summed E-state index contributed by atoms with van der Waals surface area (Å²) in [7, 11) is 0. The number of esters is 1. The van der Waals surface area contributed by atoms with Gasteiger partial charge in [-0.3, -0.25) is 0 Å². The number of unbranched alkanes of at least 4 members (excludes halogenated alkanes) is 1. The molecule has 37 heavy (non-hydrogen) atoms. The third-order valence-corrected chi connectivity index (χ3v) is 5.48. The molecule has 204 valence electrons. The highest BCUT2D eigenvalue weighted by Crippen LogP contribution is 2.21. The van der Waals surface area contributed by atoms with Crippen LogP contribution in [0.3, 0.4) is 0 Å². The van der Waals surface area contributed by atoms with Gasteiger partial charge in [0.2, 0.25) is 5.76 Å². The predicted octanol–water partition coefficient (Wildman–Crippen LogP) is 1.95. The number of carbonyl (C=O) groups is 1. The van der Waals surface area contributed by atoms with Crippen LogP contribution in [0.4, 0.5) is 5.69 Å². The van der Waals surface area contributed by atoms with Gasteiger partial charge in [-0.05, 0) is 49.2 Å². The summed E-state index contributed by atoms with van der Waals surface area (Å²) in [6.45, 7) is 2.10. The average Bonchev–Trinajstić information content (AvgIpc) is 3.16. The van der Waals surface area contributed by atoms with E-state index < -0.39 is 29.7 Å². The Kier molecular flexibility index (Phi) is 13.9. The minimum absolute atomic E-state index is 0.0422. The van der Waals surface area contributed by atoms with Crippen molar-refractivity contribution in [3.8, 4) is 0 Å². The van der Waals surface area contributed by atoms with E-state index in [9.17, 15) is 20.1 Å². The SMILES string of the molecule is O=C1OC(C(O)COCCCCN/C=C\C=C/C/C=C/c2ccc(N(CCO)CCO)cc2)C(O)=C1O. The molecule has 0 saturated heterocycles. The number of anilines is 1. The molecule has 0 aromatic heterocycles. The first kappa shape index (κ1) is 29.9. The zero-order chi connectivity index (χ0) is 26.9. The van der Waals surface area contributed by atoms with Crippen molar-refractivity contribution in [1.82, 2.24) is 5.32 Å². The average molecular weight is 519 g/mol. The second-order valence-electron chi connectivity index (χ2n) is 8.31. The highest BCUT2D eigenvalue weighted by Gasteiger charge is 2.39. The maximum atomic E-state index is 11.1. The molecule has 0 amide bonds. The minimum Gasteiger partial charge on any atom is -0.505 e. The molecule has 0 aliphatic carbocycles. The van der Waals surface area contributed by atoms with Gasteiger partial charge >= 0.3 is 5.97 Å². The summed E-state index contributed by atoms with van der Waals surface area (Å²) in [5.41, 5.74) is 2.05. The van der Waals surface area contributed by atoms with Crippen molar-refractivity contribution >= 4 is 17.7 Å². The molecule has 2 atom stereocenters. The smallest absolute Gasteiger partial charge is 0.377 e. The number of hydrogen-bond acceptors (Lipinski definition) is 10. The second kappa shape index (κ2) is 17.2. The Morgan fingerprint density at radius 2 is 1.78 bits per heavy atom. The first-order valence-corrected chi connectivity index (χ1v) is 12.3. The number of allylic oxidation sites excluding steroid dienone is 4. The second-order valence-corrected chi connectivity index (χ2v) is 8.31. The lowest BCUT2D eigenvalue weighted by atomic mass is 10.1. The van der Waals surface area contributed by atoms with Crippen molar-refractivity contribution in [3.63, 3.8) is 0 Å². The molecule has 1 aliphatic heterocycles. The Bertz CT molecular complexity index is 921. The Balaban J connectivity index is 1.51. The molecule has 0 spiro atoms. The first-order valence-electron chi connectivity index (χ1n) is 12.3. The molecule has 1 aliphatic rings. The molecular formula is C27H38N2O8. The van der Waals surface area contributed by atoms with E-state index in [0.717, 1.165) is 37.1 Å². The maximum absolute atomic E-state index is 11.1. The molecule has 1 aromatic rings. The molecule has 2 unspecified atom stereocenters. The van der Waals surface area contributed by atoms with Gasteiger partial charge in [0, 0.05) is 31.9 Å². The van der Waals surface area contributed by atoms with Crippen LogP contribution in [-0.2, 0) is 14.3 Å². The summed E-state index contributed by atoms with van der Waals surface area (Å²) in [6, 6.07) is 7.98. The van der Waals surface area contributed by atoms with E-state index in [1.165, 1.54) is 0 Å². The molecule has 0 fully saturated rings. The minimum atomic E-state index is -1.29. The number of carbonyl (C=O) groups excluding carboxylic acids is 1. The quantitative estimate of drug-likeness (QED) is 0.0966. The number of aliphatic hydroxyl groups is 5. The summed E-state index contributed by atoms with van der Waals surface area (Å²) < 4.78 is 10.0. The summed E-state index contributed by atoms with van der Waals surface area (Å²) in [6.07, 6.45) is 11.8. The summed E-state index contributed by atoms with van der Waals surface area (Å²) in [5.74, 6) is -2.61. The summed E-state index contributed by atoms with van der Waals surface area (Å²) in [4.78, 5) is 13.1. The largest absolute Gasteiger partial charge is 0.505 e. The number of nitrogens with one attached hydrogen (secondary N) is 1. The van der Waals surface area contributed by atoms with Crippen LogP contribution >= 0.6 is 0 Å². The van der Waals surface area contributed by atoms with E-state index in [2.05, 4.69) is 16.1 Å². The van der Waals surface area contributed by atoms with Gasteiger partial charge in [0.05, 0.1) is 19.8 Å². The fraction of sp³-hybridized carbons (Fsp3) is 0.444.